The standard InChI is InChI=1S/C24H14Cl2N2O6/c25-19-3-1-5-21(27(29)30)23(19)33-17-11-7-15(8-12-17)16-9-13-18(14-10-16)34-24-20(26)4-2-6-22(24)28(31)32/h1-14H. The number of hydrogen-bond acceptors (Lipinski definition) is 6. The summed E-state index contributed by atoms with van der Waals surface area (Å²) in [4.78, 5) is 21.3. The summed E-state index contributed by atoms with van der Waals surface area (Å²) in [6.45, 7) is 0. The number of nitro benzene ring substituents is 2. The third kappa shape index (κ3) is 4.93. The van der Waals surface area contributed by atoms with Crippen LogP contribution in [-0.4, -0.2) is 9.85 Å². The van der Waals surface area contributed by atoms with Crippen LogP contribution in [-0.2, 0) is 0 Å². The molecule has 0 fully saturated rings. The number of rotatable bonds is 7. The highest BCUT2D eigenvalue weighted by Gasteiger charge is 2.20. The van der Waals surface area contributed by atoms with Gasteiger partial charge in [-0.2, -0.15) is 0 Å². The molecule has 0 radical (unpaired) electrons. The van der Waals surface area contributed by atoms with Crippen molar-refractivity contribution >= 4 is 34.6 Å². The van der Waals surface area contributed by atoms with Crippen LogP contribution in [0.1, 0.15) is 0 Å². The first-order chi connectivity index (χ1) is 16.3. The summed E-state index contributed by atoms with van der Waals surface area (Å²) in [5, 5.41) is 22.7. The summed E-state index contributed by atoms with van der Waals surface area (Å²) in [5.41, 5.74) is 1.23. The van der Waals surface area contributed by atoms with Crippen molar-refractivity contribution in [3.05, 3.63) is 115 Å². The Morgan fingerprint density at radius 3 is 1.24 bits per heavy atom. The minimum Gasteiger partial charge on any atom is -0.449 e. The second kappa shape index (κ2) is 9.78. The summed E-state index contributed by atoms with van der Waals surface area (Å²) < 4.78 is 11.3. The minimum absolute atomic E-state index is 0.0305. The van der Waals surface area contributed by atoms with Gasteiger partial charge in [0.1, 0.15) is 11.5 Å². The lowest BCUT2D eigenvalue weighted by molar-refractivity contribution is -0.385. The Bertz CT molecular complexity index is 1270. The van der Waals surface area contributed by atoms with E-state index in [0.717, 1.165) is 11.1 Å². The number of nitro groups is 2. The molecule has 0 saturated carbocycles. The van der Waals surface area contributed by atoms with Gasteiger partial charge in [-0.05, 0) is 47.5 Å². The van der Waals surface area contributed by atoms with Crippen molar-refractivity contribution < 1.29 is 19.3 Å². The van der Waals surface area contributed by atoms with E-state index >= 15 is 0 Å². The zero-order valence-corrected chi connectivity index (χ0v) is 18.7. The molecule has 0 aliphatic rings. The Labute approximate surface area is 203 Å². The van der Waals surface area contributed by atoms with Crippen LogP contribution in [0.4, 0.5) is 11.4 Å². The molecule has 4 rings (SSSR count). The summed E-state index contributed by atoms with van der Waals surface area (Å²) in [7, 11) is 0. The van der Waals surface area contributed by atoms with E-state index in [1.807, 2.05) is 0 Å². The van der Waals surface area contributed by atoms with E-state index in [4.69, 9.17) is 32.7 Å². The lowest BCUT2D eigenvalue weighted by Crippen LogP contribution is -1.94. The smallest absolute Gasteiger partial charge is 0.313 e. The predicted octanol–water partition coefficient (Wildman–Crippen LogP) is 8.06. The fraction of sp³-hybridized carbons (Fsp3) is 0. The van der Waals surface area contributed by atoms with Gasteiger partial charge in [-0.25, -0.2) is 0 Å². The molecule has 0 bridgehead atoms. The first-order valence-electron chi connectivity index (χ1n) is 9.75. The van der Waals surface area contributed by atoms with Crippen LogP contribution < -0.4 is 9.47 Å². The van der Waals surface area contributed by atoms with Crippen molar-refractivity contribution in [3.8, 4) is 34.1 Å². The molecule has 10 heteroatoms. The number of benzene rings is 4. The van der Waals surface area contributed by atoms with E-state index in [2.05, 4.69) is 0 Å². The van der Waals surface area contributed by atoms with Crippen LogP contribution in [0.15, 0.2) is 84.9 Å². The van der Waals surface area contributed by atoms with Gasteiger partial charge in [0.2, 0.25) is 11.5 Å². The Morgan fingerprint density at radius 2 is 0.912 bits per heavy atom. The maximum atomic E-state index is 11.2. The highest BCUT2D eigenvalue weighted by Crippen LogP contribution is 2.39. The van der Waals surface area contributed by atoms with Crippen LogP contribution in [0.2, 0.25) is 10.0 Å². The van der Waals surface area contributed by atoms with Crippen molar-refractivity contribution in [2.45, 2.75) is 0 Å². The molecule has 0 unspecified atom stereocenters. The van der Waals surface area contributed by atoms with Crippen molar-refractivity contribution in [2.24, 2.45) is 0 Å². The van der Waals surface area contributed by atoms with Gasteiger partial charge in [0.25, 0.3) is 0 Å². The SMILES string of the molecule is O=[N+]([O-])c1cccc(Cl)c1Oc1ccc(-c2ccc(Oc3c(Cl)cccc3[N+](=O)[O-])cc2)cc1. The molecular weight excluding hydrogens is 483 g/mol. The molecule has 0 spiro atoms. The van der Waals surface area contributed by atoms with Crippen molar-refractivity contribution in [3.63, 3.8) is 0 Å². The lowest BCUT2D eigenvalue weighted by atomic mass is 10.1. The molecule has 0 aliphatic carbocycles. The van der Waals surface area contributed by atoms with Gasteiger partial charge in [-0.3, -0.25) is 20.2 Å². The topological polar surface area (TPSA) is 105 Å². The fourth-order valence-electron chi connectivity index (χ4n) is 3.15. The van der Waals surface area contributed by atoms with E-state index in [1.54, 1.807) is 48.5 Å². The third-order valence-electron chi connectivity index (χ3n) is 4.77. The molecule has 0 N–H and O–H groups in total. The number of halogens is 2. The van der Waals surface area contributed by atoms with Crippen LogP contribution >= 0.6 is 23.2 Å². The van der Waals surface area contributed by atoms with Gasteiger partial charge in [0.05, 0.1) is 19.9 Å². The number of ether oxygens (including phenoxy) is 2. The molecule has 8 nitrogen and oxygen atoms in total. The minimum atomic E-state index is -0.559. The molecule has 0 atom stereocenters. The van der Waals surface area contributed by atoms with E-state index in [1.165, 1.54) is 36.4 Å². The van der Waals surface area contributed by atoms with Gasteiger partial charge >= 0.3 is 11.4 Å². The average molecular weight is 497 g/mol. The van der Waals surface area contributed by atoms with Crippen molar-refractivity contribution in [2.75, 3.05) is 0 Å². The molecule has 0 aromatic heterocycles. The third-order valence-corrected chi connectivity index (χ3v) is 5.36. The second-order valence-corrected chi connectivity index (χ2v) is 7.76. The van der Waals surface area contributed by atoms with Crippen LogP contribution in [0, 0.1) is 20.2 Å². The number of nitrogens with zero attached hydrogens (tertiary/aromatic N) is 2. The van der Waals surface area contributed by atoms with Crippen molar-refractivity contribution in [1.29, 1.82) is 0 Å². The first-order valence-corrected chi connectivity index (χ1v) is 10.5. The monoisotopic (exact) mass is 496 g/mol. The summed E-state index contributed by atoms with van der Waals surface area (Å²) in [6, 6.07) is 22.4. The molecule has 0 heterocycles. The van der Waals surface area contributed by atoms with Crippen LogP contribution in [0.3, 0.4) is 0 Å². The predicted molar refractivity (Wildman–Crippen MR) is 128 cm³/mol. The first kappa shape index (κ1) is 23.0. The Balaban J connectivity index is 1.52. The Hall–Kier alpha value is -4.14. The molecule has 4 aromatic rings. The highest BCUT2D eigenvalue weighted by molar-refractivity contribution is 6.32. The summed E-state index contributed by atoms with van der Waals surface area (Å²) in [6.07, 6.45) is 0. The van der Waals surface area contributed by atoms with Gasteiger partial charge in [-0.15, -0.1) is 0 Å². The fourth-order valence-corrected chi connectivity index (χ4v) is 3.57. The van der Waals surface area contributed by atoms with Gasteiger partial charge in [-0.1, -0.05) is 59.6 Å². The largest absolute Gasteiger partial charge is 0.449 e. The molecule has 0 aliphatic heterocycles. The molecule has 4 aromatic carbocycles. The quantitative estimate of drug-likeness (QED) is 0.189. The highest BCUT2D eigenvalue weighted by atomic mass is 35.5. The normalized spacial score (nSPS) is 10.5. The Morgan fingerprint density at radius 1 is 0.559 bits per heavy atom. The van der Waals surface area contributed by atoms with E-state index in [-0.39, 0.29) is 32.9 Å². The number of hydrogen-bond donors (Lipinski definition) is 0. The zero-order chi connectivity index (χ0) is 24.2. The van der Waals surface area contributed by atoms with Crippen LogP contribution in [0.5, 0.6) is 23.0 Å². The molecule has 170 valence electrons. The van der Waals surface area contributed by atoms with Gasteiger partial charge < -0.3 is 9.47 Å². The molecule has 0 amide bonds. The maximum absolute atomic E-state index is 11.2. The zero-order valence-electron chi connectivity index (χ0n) is 17.2. The summed E-state index contributed by atoms with van der Waals surface area (Å²) in [5.74, 6) is 0.700. The average Bonchev–Trinajstić information content (AvgIpc) is 2.82. The van der Waals surface area contributed by atoms with Gasteiger partial charge in [0, 0.05) is 12.1 Å². The number of para-hydroxylation sites is 2. The van der Waals surface area contributed by atoms with E-state index < -0.39 is 9.85 Å². The Kier molecular flexibility index (Phi) is 6.62. The van der Waals surface area contributed by atoms with E-state index in [9.17, 15) is 20.2 Å². The lowest BCUT2D eigenvalue weighted by Gasteiger charge is -2.10. The maximum Gasteiger partial charge on any atom is 0.313 e. The molecular formula is C24H14Cl2N2O6. The van der Waals surface area contributed by atoms with Crippen LogP contribution in [0.25, 0.3) is 11.1 Å². The molecule has 34 heavy (non-hydrogen) atoms. The van der Waals surface area contributed by atoms with Crippen molar-refractivity contribution in [1.82, 2.24) is 0 Å². The van der Waals surface area contributed by atoms with E-state index in [0.29, 0.717) is 11.5 Å². The molecule has 0 saturated heterocycles. The summed E-state index contributed by atoms with van der Waals surface area (Å²) >= 11 is 12.1. The second-order valence-electron chi connectivity index (χ2n) is 6.94. The van der Waals surface area contributed by atoms with Gasteiger partial charge in [0.15, 0.2) is 0 Å².